The van der Waals surface area contributed by atoms with Crippen LogP contribution >= 0.6 is 0 Å². The number of unbranched alkanes of at least 4 members (excludes halogenated alkanes) is 1. The average molecular weight is 1320 g/mol. The molecule has 0 aromatic heterocycles. The van der Waals surface area contributed by atoms with E-state index in [0.29, 0.717) is 148 Å². The molecule has 7 aliphatic rings. The summed E-state index contributed by atoms with van der Waals surface area (Å²) in [6.45, 7) is 18.3. The summed E-state index contributed by atoms with van der Waals surface area (Å²) < 4.78 is 74.5. The van der Waals surface area contributed by atoms with Gasteiger partial charge in [-0.15, -0.1) is 5.06 Å². The Balaban J connectivity index is 1.08. The molecular weight excluding hydrogens is 1230 g/mol. The van der Waals surface area contributed by atoms with Gasteiger partial charge < -0.3 is 76.8 Å². The molecule has 1 aromatic rings. The molecule has 2 amide bonds. The van der Waals surface area contributed by atoms with E-state index in [-0.39, 0.29) is 109 Å². The number of hydroxylamine groups is 2. The number of imide groups is 1. The lowest BCUT2D eigenvalue weighted by molar-refractivity contribution is -0.197. The zero-order valence-electron chi connectivity index (χ0n) is 56.6. The molecule has 6 heterocycles. The molecule has 2 fully saturated rings. The van der Waals surface area contributed by atoms with Crippen LogP contribution in [0.2, 0.25) is 0 Å². The number of ether oxygens (including phenoxy) is 13. The Morgan fingerprint density at radius 2 is 1.17 bits per heavy atom. The molecule has 2 atom stereocenters. The van der Waals surface area contributed by atoms with Gasteiger partial charge in [0.1, 0.15) is 32.2 Å². The maximum atomic E-state index is 14.4. The maximum Gasteiger partial charge on any atom is 0.333 e. The second-order valence-electron chi connectivity index (χ2n) is 23.1. The summed E-state index contributed by atoms with van der Waals surface area (Å²) in [5, 5.41) is 16.3. The fraction of sp³-hybridized carbons (Fsp3) is 0.563. The zero-order valence-corrected chi connectivity index (χ0v) is 56.6. The van der Waals surface area contributed by atoms with Gasteiger partial charge >= 0.3 is 11.9 Å². The SMILES string of the molecule is CCC1=C(C)C2=NC1=CC1=C(C)C3=C(O)CC(=C4NC(=C(C#CCCCC(=O)ON5C(=O)CCC5=O)C5=NC(=C2)C(CC)=C5C)[C@@H](C)[C@@H]4CCC(=O)OCc2cc(OCCOCCOCCOC)c(OCCOCCOCCOC)c(OCCOCCOCCOC)c2)C3=N1. The van der Waals surface area contributed by atoms with Gasteiger partial charge in [-0.05, 0) is 104 Å². The van der Waals surface area contributed by atoms with Gasteiger partial charge in [0.2, 0.25) is 5.75 Å². The summed E-state index contributed by atoms with van der Waals surface area (Å²) in [5.74, 6) is 5.08. The third-order valence-corrected chi connectivity index (χ3v) is 16.8. The van der Waals surface area contributed by atoms with E-state index in [9.17, 15) is 24.3 Å². The number of nitrogens with one attached hydrogen (secondary N) is 1. The van der Waals surface area contributed by atoms with Crippen molar-refractivity contribution in [1.82, 2.24) is 10.4 Å². The lowest BCUT2D eigenvalue weighted by atomic mass is 9.84. The van der Waals surface area contributed by atoms with E-state index >= 15 is 0 Å². The van der Waals surface area contributed by atoms with Crippen LogP contribution in [0.1, 0.15) is 111 Å². The first-order valence-electron chi connectivity index (χ1n) is 32.9. The number of hydrogen-bond donors (Lipinski definition) is 2. The van der Waals surface area contributed by atoms with Crippen molar-refractivity contribution in [1.29, 1.82) is 0 Å². The minimum atomic E-state index is -0.705. The van der Waals surface area contributed by atoms with E-state index in [1.54, 1.807) is 33.5 Å². The molecule has 0 radical (unpaired) electrons. The van der Waals surface area contributed by atoms with Crippen LogP contribution in [0, 0.1) is 23.7 Å². The van der Waals surface area contributed by atoms with Gasteiger partial charge in [-0.3, -0.25) is 14.4 Å². The number of benzene rings is 1. The molecule has 1 aliphatic carbocycles. The van der Waals surface area contributed by atoms with Gasteiger partial charge in [0.05, 0.1) is 139 Å². The van der Waals surface area contributed by atoms with Gasteiger partial charge in [-0.1, -0.05) is 32.6 Å². The van der Waals surface area contributed by atoms with E-state index in [0.717, 1.165) is 68.4 Å². The van der Waals surface area contributed by atoms with Gasteiger partial charge in [-0.2, -0.15) is 0 Å². The van der Waals surface area contributed by atoms with E-state index in [4.69, 9.17) is 81.4 Å². The largest absolute Gasteiger partial charge is 0.511 e. The number of carbonyl (C=O) groups is 4. The van der Waals surface area contributed by atoms with Crippen molar-refractivity contribution in [3.8, 4) is 29.1 Å². The number of allylic oxidation sites excluding steroid dienone is 12. The number of fused-ring (bicyclic) bond motifs is 5. The van der Waals surface area contributed by atoms with Crippen LogP contribution in [0.4, 0.5) is 0 Å². The highest BCUT2D eigenvalue weighted by atomic mass is 16.7. The zero-order chi connectivity index (χ0) is 67.6. The first-order chi connectivity index (χ1) is 46.2. The number of aliphatic imine (C=N–C) groups is 3. The molecule has 2 saturated heterocycles. The minimum Gasteiger partial charge on any atom is -0.511 e. The standard InChI is InChI=1S/C71H93N5O19/c1-10-50-45(3)55-42-58-51(11-2)46(4)67(74-58)53(15-13-12-14-16-65(81)95-76-62(78)18-19-63(76)79)68-47(5)52(69(75-68)54-41-59(77)66-48(6)56(73-70(54)66)43-57(50)72-55)17-20-64(80)94-44-49-39-60(91-36-33-88-30-27-85-24-21-82-7)71(93-38-35-90-32-29-87-26-23-84-9)61(40-49)92-37-34-89-31-28-86-25-22-83-8/h39-40,42-43,47,52,75,77H,10-12,14,16-38,41,44H2,1-9H3/t47-,52-/m0/s1. The molecule has 2 N–H and O–H groups in total. The number of rotatable bonds is 41. The Hall–Kier alpha value is -7.57. The molecule has 95 heavy (non-hydrogen) atoms. The van der Waals surface area contributed by atoms with Gasteiger partial charge in [0, 0.05) is 94.2 Å². The van der Waals surface area contributed by atoms with Gasteiger partial charge in [-0.25, -0.2) is 19.8 Å². The third-order valence-electron chi connectivity index (χ3n) is 16.8. The Kier molecular flexibility index (Phi) is 29.0. The van der Waals surface area contributed by atoms with Crippen LogP contribution in [0.3, 0.4) is 0 Å². The molecule has 0 unspecified atom stereocenters. The number of carbonyl (C=O) groups excluding carboxylic acids is 4. The number of aliphatic hydroxyl groups excluding tert-OH is 1. The molecule has 0 spiro atoms. The monoisotopic (exact) mass is 1320 g/mol. The number of aliphatic hydroxyl groups is 1. The Morgan fingerprint density at radius 3 is 1.74 bits per heavy atom. The maximum absolute atomic E-state index is 14.4. The van der Waals surface area contributed by atoms with Crippen LogP contribution in [0.25, 0.3) is 0 Å². The molecule has 8 bridgehead atoms. The quantitative estimate of drug-likeness (QED) is 0.0268. The number of hydrogen-bond acceptors (Lipinski definition) is 23. The fourth-order valence-electron chi connectivity index (χ4n) is 11.8. The lowest BCUT2D eigenvalue weighted by Gasteiger charge is -2.19. The van der Waals surface area contributed by atoms with Crippen LogP contribution < -0.4 is 19.5 Å². The number of amides is 2. The van der Waals surface area contributed by atoms with Crippen LogP contribution in [-0.4, -0.2) is 191 Å². The number of methoxy groups -OCH3 is 3. The molecule has 1 aromatic carbocycles. The fourth-order valence-corrected chi connectivity index (χ4v) is 11.8. The summed E-state index contributed by atoms with van der Waals surface area (Å²) >= 11 is 0. The summed E-state index contributed by atoms with van der Waals surface area (Å²) in [6.07, 6.45) is 6.47. The van der Waals surface area contributed by atoms with Crippen LogP contribution in [0.15, 0.2) is 118 Å². The first-order valence-corrected chi connectivity index (χ1v) is 32.9. The molecule has 6 aliphatic heterocycles. The van der Waals surface area contributed by atoms with Crippen LogP contribution in [0.5, 0.6) is 17.2 Å². The second-order valence-corrected chi connectivity index (χ2v) is 23.1. The average Bonchev–Trinajstić information content (AvgIpc) is 1.58. The van der Waals surface area contributed by atoms with Crippen molar-refractivity contribution in [3.63, 3.8) is 0 Å². The molecule has 8 rings (SSSR count). The minimum absolute atomic E-state index is 0.00255. The second kappa shape index (κ2) is 37.7. The molecule has 24 heteroatoms. The number of nitrogens with zero attached hydrogens (tertiary/aromatic N) is 4. The van der Waals surface area contributed by atoms with E-state index < -0.39 is 23.8 Å². The van der Waals surface area contributed by atoms with E-state index in [2.05, 4.69) is 51.8 Å². The van der Waals surface area contributed by atoms with E-state index in [1.165, 1.54) is 0 Å². The van der Waals surface area contributed by atoms with Crippen molar-refractivity contribution >= 4 is 40.9 Å². The molecule has 0 saturated carbocycles. The van der Waals surface area contributed by atoms with Crippen molar-refractivity contribution in [3.05, 3.63) is 109 Å². The Bertz CT molecular complexity index is 3330. The predicted octanol–water partition coefficient (Wildman–Crippen LogP) is 8.92. The van der Waals surface area contributed by atoms with Gasteiger partial charge in [0.25, 0.3) is 11.8 Å². The van der Waals surface area contributed by atoms with Crippen LogP contribution in [-0.2, 0) is 78.0 Å². The predicted molar refractivity (Wildman–Crippen MR) is 353 cm³/mol. The van der Waals surface area contributed by atoms with Crippen molar-refractivity contribution in [2.75, 3.05) is 140 Å². The highest BCUT2D eigenvalue weighted by Gasteiger charge is 2.43. The summed E-state index contributed by atoms with van der Waals surface area (Å²) in [4.78, 5) is 72.6. The lowest BCUT2D eigenvalue weighted by Crippen LogP contribution is -2.31. The van der Waals surface area contributed by atoms with Gasteiger partial charge in [0.15, 0.2) is 11.5 Å². The third kappa shape index (κ3) is 19.8. The smallest absolute Gasteiger partial charge is 0.333 e. The molecular formula is C71H93N5O19. The first kappa shape index (κ1) is 73.2. The topological polar surface area (TPSA) is 270 Å². The Labute approximate surface area is 557 Å². The van der Waals surface area contributed by atoms with Crippen molar-refractivity contribution in [2.45, 2.75) is 112 Å². The number of esters is 1. The highest BCUT2D eigenvalue weighted by Crippen LogP contribution is 2.48. The molecule has 24 nitrogen and oxygen atoms in total. The summed E-state index contributed by atoms with van der Waals surface area (Å²) in [6, 6.07) is 3.51. The highest BCUT2D eigenvalue weighted by molar-refractivity contribution is 6.22. The normalized spacial score (nSPS) is 18.2. The van der Waals surface area contributed by atoms with Crippen molar-refractivity contribution in [2.24, 2.45) is 26.8 Å². The van der Waals surface area contributed by atoms with Crippen molar-refractivity contribution < 1.29 is 90.7 Å². The summed E-state index contributed by atoms with van der Waals surface area (Å²) in [5.41, 5.74) is 13.6. The summed E-state index contributed by atoms with van der Waals surface area (Å²) in [7, 11) is 4.84. The molecule has 516 valence electrons. The van der Waals surface area contributed by atoms with E-state index in [1.807, 2.05) is 19.1 Å². The Morgan fingerprint density at radius 1 is 0.632 bits per heavy atom.